The summed E-state index contributed by atoms with van der Waals surface area (Å²) >= 11 is 0. The number of hydrogen-bond acceptors (Lipinski definition) is 4. The molecule has 0 spiro atoms. The lowest BCUT2D eigenvalue weighted by Gasteiger charge is -2.35. The van der Waals surface area contributed by atoms with Crippen molar-refractivity contribution in [3.8, 4) is 11.1 Å². The topological polar surface area (TPSA) is 74.8 Å². The van der Waals surface area contributed by atoms with E-state index in [4.69, 9.17) is 0 Å². The van der Waals surface area contributed by atoms with Crippen molar-refractivity contribution in [1.82, 2.24) is 9.80 Å². The molecule has 0 unspecified atom stereocenters. The monoisotopic (exact) mass is 460 g/mol. The van der Waals surface area contributed by atoms with Crippen molar-refractivity contribution in [1.29, 1.82) is 0 Å². The smallest absolute Gasteiger partial charge is 0.262 e. The van der Waals surface area contributed by atoms with Gasteiger partial charge in [-0.15, -0.1) is 0 Å². The Hall–Kier alpha value is -3.28. The molecule has 0 radical (unpaired) electrons. The maximum absolute atomic E-state index is 13.3. The second kappa shape index (κ2) is 8.19. The van der Waals surface area contributed by atoms with Crippen LogP contribution in [0.4, 0.5) is 0 Å². The number of amides is 4. The molecule has 0 fully saturated rings. The summed E-state index contributed by atoms with van der Waals surface area (Å²) in [5.74, 6) is -1.09. The summed E-state index contributed by atoms with van der Waals surface area (Å²) in [6.45, 7) is 11.8. The molecule has 6 heteroatoms. The van der Waals surface area contributed by atoms with Gasteiger partial charge < -0.3 is 0 Å². The van der Waals surface area contributed by atoms with Gasteiger partial charge in [-0.3, -0.25) is 29.0 Å². The molecule has 34 heavy (non-hydrogen) atoms. The van der Waals surface area contributed by atoms with E-state index in [0.717, 1.165) is 11.1 Å². The van der Waals surface area contributed by atoms with Gasteiger partial charge in [0.2, 0.25) is 0 Å². The van der Waals surface area contributed by atoms with Crippen molar-refractivity contribution in [2.45, 2.75) is 78.3 Å². The van der Waals surface area contributed by atoms with Gasteiger partial charge in [0.1, 0.15) is 0 Å². The average Bonchev–Trinajstić information content (AvgIpc) is 3.27. The largest absolute Gasteiger partial charge is 0.269 e. The summed E-state index contributed by atoms with van der Waals surface area (Å²) in [6.07, 6.45) is 2.70. The van der Waals surface area contributed by atoms with Gasteiger partial charge >= 0.3 is 0 Å². The molecule has 2 aromatic carbocycles. The number of carbonyl (C=O) groups is 4. The number of carbonyl (C=O) groups excluding carboxylic acids is 4. The SMILES string of the molecule is CCC(C)(CC)N1C(=O)c2ccc(-c3ccc4c(c3)C(=O)N(C(C)(CC)CC)C4=O)cc2C1=O. The van der Waals surface area contributed by atoms with Crippen LogP contribution in [0.2, 0.25) is 0 Å². The lowest BCUT2D eigenvalue weighted by molar-refractivity contribution is 0.0418. The Labute approximate surface area is 200 Å². The van der Waals surface area contributed by atoms with Crippen molar-refractivity contribution in [2.24, 2.45) is 0 Å². The second-order valence-electron chi connectivity index (χ2n) is 9.82. The van der Waals surface area contributed by atoms with Gasteiger partial charge in [0.15, 0.2) is 0 Å². The van der Waals surface area contributed by atoms with Crippen LogP contribution < -0.4 is 0 Å². The van der Waals surface area contributed by atoms with Crippen LogP contribution in [0.1, 0.15) is 109 Å². The first-order chi connectivity index (χ1) is 16.1. The second-order valence-corrected chi connectivity index (χ2v) is 9.82. The van der Waals surface area contributed by atoms with Crippen molar-refractivity contribution < 1.29 is 19.2 Å². The van der Waals surface area contributed by atoms with Crippen LogP contribution in [-0.2, 0) is 0 Å². The predicted molar refractivity (Wildman–Crippen MR) is 131 cm³/mol. The molecule has 6 nitrogen and oxygen atoms in total. The first kappa shape index (κ1) is 23.9. The van der Waals surface area contributed by atoms with Crippen LogP contribution in [0.5, 0.6) is 0 Å². The Balaban J connectivity index is 1.73. The van der Waals surface area contributed by atoms with E-state index in [2.05, 4.69) is 0 Å². The number of hydrogen-bond donors (Lipinski definition) is 0. The molecule has 2 aromatic rings. The average molecular weight is 461 g/mol. The highest BCUT2D eigenvalue weighted by Gasteiger charge is 2.46. The summed E-state index contributed by atoms with van der Waals surface area (Å²) in [4.78, 5) is 55.4. The Morgan fingerprint density at radius 1 is 0.529 bits per heavy atom. The maximum atomic E-state index is 13.3. The van der Waals surface area contributed by atoms with E-state index in [1.165, 1.54) is 9.80 Å². The van der Waals surface area contributed by atoms with E-state index >= 15 is 0 Å². The molecular weight excluding hydrogens is 428 g/mol. The molecule has 0 N–H and O–H groups in total. The number of imide groups is 2. The molecule has 4 amide bonds. The zero-order valence-electron chi connectivity index (χ0n) is 20.8. The van der Waals surface area contributed by atoms with Gasteiger partial charge in [0, 0.05) is 11.1 Å². The molecule has 0 aromatic heterocycles. The highest BCUT2D eigenvalue weighted by Crippen LogP contribution is 2.38. The van der Waals surface area contributed by atoms with E-state index in [-0.39, 0.29) is 23.6 Å². The fourth-order valence-electron chi connectivity index (χ4n) is 4.95. The van der Waals surface area contributed by atoms with Gasteiger partial charge in [-0.2, -0.15) is 0 Å². The Kier molecular flexibility index (Phi) is 5.75. The van der Waals surface area contributed by atoms with E-state index < -0.39 is 11.1 Å². The van der Waals surface area contributed by atoms with Gasteiger partial charge in [0.25, 0.3) is 23.6 Å². The van der Waals surface area contributed by atoms with Gasteiger partial charge in [-0.25, -0.2) is 0 Å². The molecule has 2 heterocycles. The minimum Gasteiger partial charge on any atom is -0.269 e. The molecule has 0 bridgehead atoms. The number of rotatable bonds is 7. The van der Waals surface area contributed by atoms with Gasteiger partial charge in [-0.1, -0.05) is 39.8 Å². The Morgan fingerprint density at radius 3 is 1.12 bits per heavy atom. The van der Waals surface area contributed by atoms with Crippen LogP contribution in [0.25, 0.3) is 11.1 Å². The van der Waals surface area contributed by atoms with Crippen LogP contribution >= 0.6 is 0 Å². The third-order valence-electron chi connectivity index (χ3n) is 8.23. The predicted octanol–water partition coefficient (Wildman–Crippen LogP) is 5.70. The molecular formula is C28H32N2O4. The van der Waals surface area contributed by atoms with E-state index in [1.807, 2.05) is 41.5 Å². The van der Waals surface area contributed by atoms with Crippen molar-refractivity contribution in [3.63, 3.8) is 0 Å². The number of fused-ring (bicyclic) bond motifs is 2. The third-order valence-corrected chi connectivity index (χ3v) is 8.23. The fraction of sp³-hybridized carbons (Fsp3) is 0.429. The minimum atomic E-state index is -0.539. The molecule has 4 rings (SSSR count). The van der Waals surface area contributed by atoms with Crippen molar-refractivity contribution in [3.05, 3.63) is 58.7 Å². The summed E-state index contributed by atoms with van der Waals surface area (Å²) in [5, 5.41) is 0. The van der Waals surface area contributed by atoms with Crippen LogP contribution in [0, 0.1) is 0 Å². The summed E-state index contributed by atoms with van der Waals surface area (Å²) in [7, 11) is 0. The summed E-state index contributed by atoms with van der Waals surface area (Å²) < 4.78 is 0. The Bertz CT molecular complexity index is 1130. The third kappa shape index (κ3) is 3.23. The quantitative estimate of drug-likeness (QED) is 0.497. The van der Waals surface area contributed by atoms with E-state index in [1.54, 1.807) is 36.4 Å². The first-order valence-electron chi connectivity index (χ1n) is 12.1. The number of benzene rings is 2. The lowest BCUT2D eigenvalue weighted by Crippen LogP contribution is -2.48. The first-order valence-corrected chi connectivity index (χ1v) is 12.1. The van der Waals surface area contributed by atoms with Gasteiger partial charge in [0.05, 0.1) is 22.3 Å². The normalized spacial score (nSPS) is 15.9. The fourth-order valence-corrected chi connectivity index (χ4v) is 4.95. The minimum absolute atomic E-state index is 0.262. The van der Waals surface area contributed by atoms with Crippen LogP contribution in [-0.4, -0.2) is 44.5 Å². The van der Waals surface area contributed by atoms with Crippen LogP contribution in [0.15, 0.2) is 36.4 Å². The lowest BCUT2D eigenvalue weighted by atomic mass is 9.93. The van der Waals surface area contributed by atoms with Crippen molar-refractivity contribution in [2.75, 3.05) is 0 Å². The van der Waals surface area contributed by atoms with E-state index in [0.29, 0.717) is 47.9 Å². The molecule has 178 valence electrons. The zero-order valence-corrected chi connectivity index (χ0v) is 20.8. The Morgan fingerprint density at radius 2 is 0.824 bits per heavy atom. The van der Waals surface area contributed by atoms with Crippen LogP contribution in [0.3, 0.4) is 0 Å². The molecule has 0 atom stereocenters. The molecule has 2 aliphatic rings. The van der Waals surface area contributed by atoms with E-state index in [9.17, 15) is 19.2 Å². The molecule has 0 aliphatic carbocycles. The molecule has 0 saturated carbocycles. The summed E-state index contributed by atoms with van der Waals surface area (Å²) in [6, 6.07) is 10.4. The van der Waals surface area contributed by atoms with Gasteiger partial charge in [-0.05, 0) is 74.9 Å². The van der Waals surface area contributed by atoms with Crippen molar-refractivity contribution >= 4 is 23.6 Å². The molecule has 2 aliphatic heterocycles. The summed E-state index contributed by atoms with van der Waals surface area (Å²) in [5.41, 5.74) is 1.95. The maximum Gasteiger partial charge on any atom is 0.262 e. The highest BCUT2D eigenvalue weighted by atomic mass is 16.2. The highest BCUT2D eigenvalue weighted by molar-refractivity contribution is 6.23. The standard InChI is InChI=1S/C28H32N2O4/c1-7-27(5,8-2)29-23(31)19-13-11-17(15-21(19)25(29)33)18-12-14-20-22(16-18)26(34)30(24(20)32)28(6,9-3)10-4/h11-16H,7-10H2,1-6H3. The number of nitrogens with zero attached hydrogens (tertiary/aromatic N) is 2. The molecule has 0 saturated heterocycles. The zero-order chi connectivity index (χ0) is 25.0.